The number of carbonyl (C=O) groups excluding carboxylic acids is 2. The minimum absolute atomic E-state index is 0.0830. The molecule has 0 saturated carbocycles. The van der Waals surface area contributed by atoms with Crippen LogP contribution in [-0.2, 0) is 9.53 Å². The number of rotatable bonds is 3. The summed E-state index contributed by atoms with van der Waals surface area (Å²) in [6.45, 7) is 4.42. The van der Waals surface area contributed by atoms with E-state index in [1.165, 1.54) is 24.3 Å². The van der Waals surface area contributed by atoms with Gasteiger partial charge >= 0.3 is 0 Å². The van der Waals surface area contributed by atoms with E-state index in [4.69, 9.17) is 4.74 Å². The number of nitrogens with one attached hydrogen (secondary N) is 1. The third-order valence-corrected chi connectivity index (χ3v) is 5.48. The SMILES string of the molecule is C[C@H]1CN(C(=O)/C(C#N)=C2\N=C(NC(=O)c3cccc([N+](=O)[O-])c3)c3ccccc32)C[C@H](C)O1. The lowest BCUT2D eigenvalue weighted by molar-refractivity contribution is -0.384. The molecule has 1 N–H and O–H groups in total. The Bertz CT molecular complexity index is 1280. The van der Waals surface area contributed by atoms with Gasteiger partial charge in [-0.2, -0.15) is 5.26 Å². The summed E-state index contributed by atoms with van der Waals surface area (Å²) in [6, 6.07) is 14.2. The van der Waals surface area contributed by atoms with Crippen molar-refractivity contribution in [2.75, 3.05) is 13.1 Å². The highest BCUT2D eigenvalue weighted by Gasteiger charge is 2.32. The summed E-state index contributed by atoms with van der Waals surface area (Å²) in [5, 5.41) is 23.6. The Balaban J connectivity index is 1.69. The van der Waals surface area contributed by atoms with E-state index >= 15 is 0 Å². The summed E-state index contributed by atoms with van der Waals surface area (Å²) in [4.78, 5) is 42.5. The molecule has 0 aromatic heterocycles. The number of ether oxygens (including phenoxy) is 1. The van der Waals surface area contributed by atoms with Crippen molar-refractivity contribution in [3.8, 4) is 6.07 Å². The Hall–Kier alpha value is -4.36. The van der Waals surface area contributed by atoms with E-state index in [2.05, 4.69) is 10.3 Å². The summed E-state index contributed by atoms with van der Waals surface area (Å²) in [7, 11) is 0. The number of hydrogen-bond donors (Lipinski definition) is 1. The number of benzene rings is 2. The van der Waals surface area contributed by atoms with Crippen LogP contribution in [0.1, 0.15) is 35.3 Å². The number of morpholine rings is 1. The second-order valence-electron chi connectivity index (χ2n) is 8.07. The number of non-ortho nitro benzene ring substituents is 1. The second-order valence-corrected chi connectivity index (χ2v) is 8.07. The van der Waals surface area contributed by atoms with Gasteiger partial charge in [0.1, 0.15) is 17.5 Å². The monoisotopic (exact) mass is 459 g/mol. The van der Waals surface area contributed by atoms with Gasteiger partial charge in [0.2, 0.25) is 0 Å². The van der Waals surface area contributed by atoms with E-state index in [0.29, 0.717) is 24.2 Å². The maximum absolute atomic E-state index is 13.2. The first kappa shape index (κ1) is 22.8. The lowest BCUT2D eigenvalue weighted by atomic mass is 10.0. The third-order valence-electron chi connectivity index (χ3n) is 5.48. The zero-order chi connectivity index (χ0) is 24.4. The molecule has 1 fully saturated rings. The predicted octanol–water partition coefficient (Wildman–Crippen LogP) is 2.66. The summed E-state index contributed by atoms with van der Waals surface area (Å²) >= 11 is 0. The first-order valence-corrected chi connectivity index (χ1v) is 10.6. The zero-order valence-corrected chi connectivity index (χ0v) is 18.5. The molecule has 2 aromatic carbocycles. The Labute approximate surface area is 195 Å². The normalized spacial score (nSPS) is 20.6. The van der Waals surface area contributed by atoms with Crippen molar-refractivity contribution in [3.63, 3.8) is 0 Å². The van der Waals surface area contributed by atoms with Crippen molar-refractivity contribution in [1.82, 2.24) is 10.2 Å². The van der Waals surface area contributed by atoms with Gasteiger partial charge in [0.25, 0.3) is 17.5 Å². The molecule has 2 atom stereocenters. The largest absolute Gasteiger partial charge is 0.372 e. The zero-order valence-electron chi connectivity index (χ0n) is 18.5. The van der Waals surface area contributed by atoms with Gasteiger partial charge in [0.15, 0.2) is 0 Å². The van der Waals surface area contributed by atoms with Crippen molar-refractivity contribution in [2.45, 2.75) is 26.1 Å². The molecule has 10 nitrogen and oxygen atoms in total. The average Bonchev–Trinajstić information content (AvgIpc) is 3.17. The van der Waals surface area contributed by atoms with Gasteiger partial charge in [-0.15, -0.1) is 0 Å². The number of aliphatic imine (C=N–C) groups is 1. The van der Waals surface area contributed by atoms with Gasteiger partial charge in [-0.3, -0.25) is 19.7 Å². The van der Waals surface area contributed by atoms with E-state index in [1.807, 2.05) is 19.9 Å². The predicted molar refractivity (Wildman–Crippen MR) is 123 cm³/mol. The van der Waals surface area contributed by atoms with Crippen LogP contribution in [0.4, 0.5) is 5.69 Å². The van der Waals surface area contributed by atoms with Crippen molar-refractivity contribution >= 4 is 29.0 Å². The fraction of sp³-hybridized carbons (Fsp3) is 0.250. The molecule has 2 aliphatic rings. The van der Waals surface area contributed by atoms with Crippen LogP contribution in [0.5, 0.6) is 0 Å². The van der Waals surface area contributed by atoms with Gasteiger partial charge in [-0.05, 0) is 19.9 Å². The number of nitrogens with zero attached hydrogens (tertiary/aromatic N) is 4. The number of nitro groups is 1. The number of nitriles is 1. The first-order valence-electron chi connectivity index (χ1n) is 10.6. The van der Waals surface area contributed by atoms with Crippen molar-refractivity contribution in [2.24, 2.45) is 4.99 Å². The van der Waals surface area contributed by atoms with Crippen LogP contribution >= 0.6 is 0 Å². The number of nitro benzene ring substituents is 1. The highest BCUT2D eigenvalue weighted by Crippen LogP contribution is 2.31. The quantitative estimate of drug-likeness (QED) is 0.324. The summed E-state index contributed by atoms with van der Waals surface area (Å²) in [5.74, 6) is -0.894. The fourth-order valence-electron chi connectivity index (χ4n) is 4.06. The van der Waals surface area contributed by atoms with Gasteiger partial charge in [-0.1, -0.05) is 30.3 Å². The lowest BCUT2D eigenvalue weighted by Gasteiger charge is -2.35. The topological polar surface area (TPSA) is 138 Å². The summed E-state index contributed by atoms with van der Waals surface area (Å²) in [6.07, 6.45) is -0.330. The highest BCUT2D eigenvalue weighted by atomic mass is 16.6. The van der Waals surface area contributed by atoms with E-state index in [0.717, 1.165) is 0 Å². The molecule has 0 bridgehead atoms. The van der Waals surface area contributed by atoms with Crippen molar-refractivity contribution < 1.29 is 19.2 Å². The molecule has 2 amide bonds. The van der Waals surface area contributed by atoms with E-state index < -0.39 is 16.7 Å². The van der Waals surface area contributed by atoms with Crippen LogP contribution in [0.3, 0.4) is 0 Å². The number of amidine groups is 1. The molecule has 4 rings (SSSR count). The summed E-state index contributed by atoms with van der Waals surface area (Å²) in [5.41, 5.74) is 0.988. The molecule has 172 valence electrons. The van der Waals surface area contributed by atoms with Gasteiger partial charge in [0.05, 0.1) is 22.8 Å². The van der Waals surface area contributed by atoms with Crippen molar-refractivity contribution in [3.05, 3.63) is 80.9 Å². The van der Waals surface area contributed by atoms with E-state index in [9.17, 15) is 25.0 Å². The Morgan fingerprint density at radius 1 is 1.15 bits per heavy atom. The highest BCUT2D eigenvalue weighted by molar-refractivity contribution is 6.20. The van der Waals surface area contributed by atoms with Crippen LogP contribution in [0.15, 0.2) is 59.1 Å². The molecule has 1 saturated heterocycles. The molecular weight excluding hydrogens is 438 g/mol. The van der Waals surface area contributed by atoms with Gasteiger partial charge < -0.3 is 15.0 Å². The van der Waals surface area contributed by atoms with Gasteiger partial charge in [-0.25, -0.2) is 4.99 Å². The van der Waals surface area contributed by atoms with Crippen LogP contribution in [0, 0.1) is 21.4 Å². The third kappa shape index (κ3) is 4.42. The Morgan fingerprint density at radius 2 is 1.82 bits per heavy atom. The smallest absolute Gasteiger partial charge is 0.270 e. The molecule has 34 heavy (non-hydrogen) atoms. The standard InChI is InChI=1S/C24H21N5O5/c1-14-12-28(13-15(2)34-14)24(31)20(11-25)21-18-8-3-4-9-19(18)22(26-21)27-23(30)16-6-5-7-17(10-16)29(32)33/h3-10,14-15H,12-13H2,1-2H3,(H,26,27,30)/b21-20-/t14-,15-/m0/s1. The molecule has 2 aliphatic heterocycles. The maximum atomic E-state index is 13.2. The molecule has 2 aromatic rings. The lowest BCUT2D eigenvalue weighted by Crippen LogP contribution is -2.48. The van der Waals surface area contributed by atoms with Gasteiger partial charge in [0, 0.05) is 41.9 Å². The van der Waals surface area contributed by atoms with Crippen molar-refractivity contribution in [1.29, 1.82) is 5.26 Å². The fourth-order valence-corrected chi connectivity index (χ4v) is 4.06. The molecule has 0 aliphatic carbocycles. The van der Waals surface area contributed by atoms with E-state index in [1.54, 1.807) is 29.2 Å². The number of fused-ring (bicyclic) bond motifs is 1. The number of carbonyl (C=O) groups is 2. The molecule has 2 heterocycles. The summed E-state index contributed by atoms with van der Waals surface area (Å²) < 4.78 is 5.68. The average molecular weight is 459 g/mol. The Morgan fingerprint density at radius 3 is 2.47 bits per heavy atom. The first-order chi connectivity index (χ1) is 16.3. The molecule has 0 unspecified atom stereocenters. The Kier molecular flexibility index (Phi) is 6.21. The molecule has 10 heteroatoms. The number of amides is 2. The minimum atomic E-state index is -0.598. The molecule has 0 spiro atoms. The van der Waals surface area contributed by atoms with Crippen LogP contribution in [-0.4, -0.2) is 52.8 Å². The van der Waals surface area contributed by atoms with Crippen LogP contribution in [0.25, 0.3) is 5.70 Å². The molecule has 0 radical (unpaired) electrons. The van der Waals surface area contributed by atoms with Crippen LogP contribution < -0.4 is 5.32 Å². The van der Waals surface area contributed by atoms with E-state index in [-0.39, 0.29) is 40.6 Å². The second kappa shape index (κ2) is 9.25. The molecular formula is C24H21N5O5. The number of hydrogen-bond acceptors (Lipinski definition) is 7. The maximum Gasteiger partial charge on any atom is 0.270 e. The minimum Gasteiger partial charge on any atom is -0.372 e. The van der Waals surface area contributed by atoms with Crippen LogP contribution in [0.2, 0.25) is 0 Å².